The Morgan fingerprint density at radius 1 is 1.20 bits per heavy atom. The fraction of sp³-hybridized carbons (Fsp3) is 0.533. The molecule has 0 saturated carbocycles. The molecule has 0 heterocycles. The highest BCUT2D eigenvalue weighted by atomic mass is 19.4. The van der Waals surface area contributed by atoms with Crippen LogP contribution in [0.2, 0.25) is 0 Å². The predicted molar refractivity (Wildman–Crippen MR) is 72.4 cm³/mol. The second kappa shape index (κ2) is 7.31. The Kier molecular flexibility index (Phi) is 6.05. The summed E-state index contributed by atoms with van der Waals surface area (Å²) in [5.41, 5.74) is 1.80. The van der Waals surface area contributed by atoms with Crippen LogP contribution < -0.4 is 0 Å². The van der Waals surface area contributed by atoms with E-state index in [1.807, 2.05) is 26.0 Å². The van der Waals surface area contributed by atoms with Gasteiger partial charge in [-0.3, -0.25) is 4.79 Å². The standard InChI is InChI=1S/C15H20F3NO/c1-3-4-9-19(11-15(16,17)18)14(20)10-13-7-5-12(2)6-8-13/h5-8H,3-4,9-11H2,1-2H3. The molecule has 1 amide bonds. The molecule has 5 heteroatoms. The van der Waals surface area contributed by atoms with Crippen LogP contribution in [0.1, 0.15) is 30.9 Å². The molecular formula is C15H20F3NO. The number of nitrogens with zero attached hydrogens (tertiary/aromatic N) is 1. The Bertz CT molecular complexity index is 426. The van der Waals surface area contributed by atoms with Crippen molar-refractivity contribution in [1.29, 1.82) is 0 Å². The molecule has 0 saturated heterocycles. The topological polar surface area (TPSA) is 20.3 Å². The molecule has 0 aliphatic carbocycles. The Labute approximate surface area is 117 Å². The van der Waals surface area contributed by atoms with Crippen LogP contribution >= 0.6 is 0 Å². The van der Waals surface area contributed by atoms with Gasteiger partial charge in [0, 0.05) is 6.54 Å². The van der Waals surface area contributed by atoms with Crippen molar-refractivity contribution in [3.8, 4) is 0 Å². The van der Waals surface area contributed by atoms with Crippen LogP contribution in [0.3, 0.4) is 0 Å². The monoisotopic (exact) mass is 287 g/mol. The lowest BCUT2D eigenvalue weighted by Gasteiger charge is -2.24. The average Bonchev–Trinajstić information content (AvgIpc) is 2.36. The minimum absolute atomic E-state index is 0.0140. The van der Waals surface area contributed by atoms with Gasteiger partial charge in [-0.05, 0) is 18.9 Å². The molecule has 0 fully saturated rings. The molecule has 0 unspecified atom stereocenters. The number of rotatable bonds is 6. The molecule has 2 nitrogen and oxygen atoms in total. The first-order chi connectivity index (χ1) is 9.31. The van der Waals surface area contributed by atoms with E-state index in [1.54, 1.807) is 12.1 Å². The van der Waals surface area contributed by atoms with E-state index in [0.717, 1.165) is 22.4 Å². The fourth-order valence-electron chi connectivity index (χ4n) is 1.85. The quantitative estimate of drug-likeness (QED) is 0.780. The summed E-state index contributed by atoms with van der Waals surface area (Å²) < 4.78 is 37.5. The summed E-state index contributed by atoms with van der Waals surface area (Å²) in [5.74, 6) is -0.473. The highest BCUT2D eigenvalue weighted by Crippen LogP contribution is 2.18. The number of alkyl halides is 3. The van der Waals surface area contributed by atoms with Crippen LogP contribution in [0.15, 0.2) is 24.3 Å². The minimum atomic E-state index is -4.35. The predicted octanol–water partition coefficient (Wildman–Crippen LogP) is 3.73. The number of aryl methyl sites for hydroxylation is 1. The number of carbonyl (C=O) groups excluding carboxylic acids is 1. The number of hydrogen-bond acceptors (Lipinski definition) is 1. The minimum Gasteiger partial charge on any atom is -0.333 e. The Morgan fingerprint density at radius 3 is 2.30 bits per heavy atom. The maximum Gasteiger partial charge on any atom is 0.406 e. The summed E-state index contributed by atoms with van der Waals surface area (Å²) in [7, 11) is 0. The molecule has 112 valence electrons. The van der Waals surface area contributed by atoms with Gasteiger partial charge in [-0.25, -0.2) is 0 Å². The smallest absolute Gasteiger partial charge is 0.333 e. The van der Waals surface area contributed by atoms with Crippen molar-refractivity contribution in [1.82, 2.24) is 4.90 Å². The number of halogens is 3. The van der Waals surface area contributed by atoms with Gasteiger partial charge in [0.1, 0.15) is 6.54 Å². The molecule has 0 atom stereocenters. The third kappa shape index (κ3) is 6.08. The number of hydrogen-bond donors (Lipinski definition) is 0. The first-order valence-corrected chi connectivity index (χ1v) is 6.72. The van der Waals surface area contributed by atoms with Gasteiger partial charge in [-0.2, -0.15) is 13.2 Å². The SMILES string of the molecule is CCCCN(CC(F)(F)F)C(=O)Cc1ccc(C)cc1. The second-order valence-corrected chi connectivity index (χ2v) is 4.95. The van der Waals surface area contributed by atoms with Crippen LogP contribution in [0, 0.1) is 6.92 Å². The highest BCUT2D eigenvalue weighted by molar-refractivity contribution is 5.78. The number of unbranched alkanes of at least 4 members (excludes halogenated alkanes) is 1. The molecule has 0 aliphatic rings. The first kappa shape index (κ1) is 16.5. The summed E-state index contributed by atoms with van der Waals surface area (Å²) in [5, 5.41) is 0. The van der Waals surface area contributed by atoms with Gasteiger partial charge in [0.15, 0.2) is 0 Å². The summed E-state index contributed by atoms with van der Waals surface area (Å²) in [6.07, 6.45) is -3.00. The molecule has 20 heavy (non-hydrogen) atoms. The van der Waals surface area contributed by atoms with E-state index in [2.05, 4.69) is 0 Å². The van der Waals surface area contributed by atoms with Gasteiger partial charge in [-0.15, -0.1) is 0 Å². The van der Waals surface area contributed by atoms with Crippen LogP contribution in [0.25, 0.3) is 0 Å². The van der Waals surface area contributed by atoms with E-state index in [0.29, 0.717) is 6.42 Å². The molecule has 0 aromatic heterocycles. The lowest BCUT2D eigenvalue weighted by molar-refractivity contribution is -0.160. The van der Waals surface area contributed by atoms with Crippen LogP contribution in [0.5, 0.6) is 0 Å². The van der Waals surface area contributed by atoms with Crippen molar-refractivity contribution in [2.24, 2.45) is 0 Å². The van der Waals surface area contributed by atoms with Crippen molar-refractivity contribution in [2.75, 3.05) is 13.1 Å². The van der Waals surface area contributed by atoms with E-state index in [9.17, 15) is 18.0 Å². The lowest BCUT2D eigenvalue weighted by atomic mass is 10.1. The summed E-state index contributed by atoms with van der Waals surface area (Å²) in [6, 6.07) is 7.25. The van der Waals surface area contributed by atoms with Gasteiger partial charge in [0.2, 0.25) is 5.91 Å². The van der Waals surface area contributed by atoms with E-state index < -0.39 is 18.6 Å². The van der Waals surface area contributed by atoms with Crippen molar-refractivity contribution in [3.63, 3.8) is 0 Å². The average molecular weight is 287 g/mol. The highest BCUT2D eigenvalue weighted by Gasteiger charge is 2.32. The van der Waals surface area contributed by atoms with Gasteiger partial charge in [-0.1, -0.05) is 43.2 Å². The number of benzene rings is 1. The van der Waals surface area contributed by atoms with Crippen molar-refractivity contribution in [2.45, 2.75) is 39.3 Å². The van der Waals surface area contributed by atoms with Crippen molar-refractivity contribution >= 4 is 5.91 Å². The third-order valence-electron chi connectivity index (χ3n) is 2.98. The van der Waals surface area contributed by atoms with Gasteiger partial charge < -0.3 is 4.90 Å². The molecule has 0 bridgehead atoms. The van der Waals surface area contributed by atoms with Crippen molar-refractivity contribution in [3.05, 3.63) is 35.4 Å². The summed E-state index contributed by atoms with van der Waals surface area (Å²) in [4.78, 5) is 12.9. The zero-order chi connectivity index (χ0) is 15.2. The third-order valence-corrected chi connectivity index (χ3v) is 2.98. The van der Waals surface area contributed by atoms with Crippen LogP contribution in [-0.2, 0) is 11.2 Å². The summed E-state index contributed by atoms with van der Waals surface area (Å²) >= 11 is 0. The first-order valence-electron chi connectivity index (χ1n) is 6.72. The van der Waals surface area contributed by atoms with E-state index in [-0.39, 0.29) is 13.0 Å². The van der Waals surface area contributed by atoms with Gasteiger partial charge in [0.25, 0.3) is 0 Å². The van der Waals surface area contributed by atoms with E-state index >= 15 is 0 Å². The van der Waals surface area contributed by atoms with E-state index in [4.69, 9.17) is 0 Å². The Hall–Kier alpha value is -1.52. The molecule has 1 aromatic rings. The van der Waals surface area contributed by atoms with E-state index in [1.165, 1.54) is 0 Å². The van der Waals surface area contributed by atoms with Crippen LogP contribution in [-0.4, -0.2) is 30.1 Å². The number of carbonyl (C=O) groups is 1. The molecule has 0 aliphatic heterocycles. The zero-order valence-corrected chi connectivity index (χ0v) is 11.8. The Balaban J connectivity index is 2.69. The molecule has 0 N–H and O–H groups in total. The second-order valence-electron chi connectivity index (χ2n) is 4.95. The zero-order valence-electron chi connectivity index (χ0n) is 11.8. The largest absolute Gasteiger partial charge is 0.406 e. The van der Waals surface area contributed by atoms with Gasteiger partial charge >= 0.3 is 6.18 Å². The summed E-state index contributed by atoms with van der Waals surface area (Å²) in [6.45, 7) is 2.79. The Morgan fingerprint density at radius 2 is 1.80 bits per heavy atom. The molecule has 1 rings (SSSR count). The van der Waals surface area contributed by atoms with Gasteiger partial charge in [0.05, 0.1) is 6.42 Å². The molecule has 0 spiro atoms. The maximum atomic E-state index is 12.5. The molecule has 0 radical (unpaired) electrons. The molecular weight excluding hydrogens is 267 g/mol. The van der Waals surface area contributed by atoms with Crippen LogP contribution in [0.4, 0.5) is 13.2 Å². The lowest BCUT2D eigenvalue weighted by Crippen LogP contribution is -2.40. The molecule has 1 aromatic carbocycles. The maximum absolute atomic E-state index is 12.5. The van der Waals surface area contributed by atoms with Crippen molar-refractivity contribution < 1.29 is 18.0 Å². The number of amides is 1. The normalized spacial score (nSPS) is 11.4. The fourth-order valence-corrected chi connectivity index (χ4v) is 1.85.